The first-order valence-electron chi connectivity index (χ1n) is 7.71. The van der Waals surface area contributed by atoms with Crippen molar-refractivity contribution in [1.29, 1.82) is 0 Å². The summed E-state index contributed by atoms with van der Waals surface area (Å²) in [4.78, 5) is 18.7. The van der Waals surface area contributed by atoms with Gasteiger partial charge in [-0.2, -0.15) is 0 Å². The second kappa shape index (κ2) is 6.56. The van der Waals surface area contributed by atoms with Crippen LogP contribution in [0.1, 0.15) is 22.5 Å². The Labute approximate surface area is 135 Å². The molecule has 2 aliphatic rings. The molecule has 2 aliphatic heterocycles. The molecule has 3 rings (SSSR count). The number of thioether (sulfide) groups is 1. The molecular weight excluding hydrogens is 298 g/mol. The molecule has 1 aromatic rings. The normalized spacial score (nSPS) is 22.8. The van der Waals surface area contributed by atoms with Gasteiger partial charge in [-0.05, 0) is 25.0 Å². The molecule has 6 heteroatoms. The van der Waals surface area contributed by atoms with Gasteiger partial charge in [0.25, 0.3) is 5.91 Å². The van der Waals surface area contributed by atoms with Gasteiger partial charge in [-0.3, -0.25) is 9.78 Å². The molecule has 5 nitrogen and oxygen atoms in total. The number of carbonyl (C=O) groups is 1. The first kappa shape index (κ1) is 15.8. The molecule has 0 aliphatic carbocycles. The van der Waals surface area contributed by atoms with Crippen molar-refractivity contribution >= 4 is 17.7 Å². The van der Waals surface area contributed by atoms with Gasteiger partial charge >= 0.3 is 0 Å². The average Bonchev–Trinajstić information content (AvgIpc) is 2.90. The highest BCUT2D eigenvalue weighted by molar-refractivity contribution is 8.01. The van der Waals surface area contributed by atoms with Gasteiger partial charge < -0.3 is 15.0 Å². The summed E-state index contributed by atoms with van der Waals surface area (Å²) in [5.74, 6) is 1.19. The van der Waals surface area contributed by atoms with E-state index in [-0.39, 0.29) is 10.7 Å². The van der Waals surface area contributed by atoms with Crippen molar-refractivity contribution in [2.24, 2.45) is 0 Å². The summed E-state index contributed by atoms with van der Waals surface area (Å²) in [6, 6.07) is 4.34. The van der Waals surface area contributed by atoms with Gasteiger partial charge in [-0.1, -0.05) is 6.07 Å². The van der Waals surface area contributed by atoms with E-state index in [2.05, 4.69) is 10.3 Å². The highest BCUT2D eigenvalue weighted by atomic mass is 32.2. The number of nitrogens with zero attached hydrogens (tertiary/aromatic N) is 2. The first-order chi connectivity index (χ1) is 10.6. The van der Waals surface area contributed by atoms with E-state index in [1.807, 2.05) is 35.7 Å². The summed E-state index contributed by atoms with van der Waals surface area (Å²) in [7, 11) is 1.72. The van der Waals surface area contributed by atoms with E-state index < -0.39 is 0 Å². The van der Waals surface area contributed by atoms with Gasteiger partial charge in [-0.25, -0.2) is 0 Å². The molecule has 3 heterocycles. The number of aromatic nitrogens is 1. The minimum absolute atomic E-state index is 0.0696. The zero-order chi connectivity index (χ0) is 15.6. The van der Waals surface area contributed by atoms with Gasteiger partial charge in [0.05, 0.1) is 11.4 Å². The monoisotopic (exact) mass is 321 g/mol. The number of hydrogen-bond donors (Lipinski definition) is 1. The van der Waals surface area contributed by atoms with Gasteiger partial charge in [-0.15, -0.1) is 11.8 Å². The standard InChI is InChI=1S/C16H23N3O2S/c1-12-4-3-5-18-14(12)15(20)19-10-16(11-19)8-13(9-22-16)17-6-7-21-2/h3-5,13,17H,6-11H2,1-2H3. The Morgan fingerprint density at radius 2 is 2.41 bits per heavy atom. The number of carbonyl (C=O) groups excluding carboxylic acids is 1. The Balaban J connectivity index is 1.52. The lowest BCUT2D eigenvalue weighted by Crippen LogP contribution is -2.61. The molecule has 22 heavy (non-hydrogen) atoms. The van der Waals surface area contributed by atoms with Gasteiger partial charge in [0.1, 0.15) is 5.69 Å². The van der Waals surface area contributed by atoms with Crippen molar-refractivity contribution in [1.82, 2.24) is 15.2 Å². The molecule has 120 valence electrons. The summed E-state index contributed by atoms with van der Waals surface area (Å²) in [6.45, 7) is 5.27. The fourth-order valence-corrected chi connectivity index (χ4v) is 4.82. The largest absolute Gasteiger partial charge is 0.383 e. The van der Waals surface area contributed by atoms with E-state index in [0.29, 0.717) is 11.7 Å². The van der Waals surface area contributed by atoms with Crippen LogP contribution >= 0.6 is 11.8 Å². The average molecular weight is 321 g/mol. The predicted molar refractivity (Wildman–Crippen MR) is 88.4 cm³/mol. The Kier molecular flexibility index (Phi) is 4.70. The molecule has 2 fully saturated rings. The molecule has 0 radical (unpaired) electrons. The van der Waals surface area contributed by atoms with Crippen LogP contribution in [0.5, 0.6) is 0 Å². The van der Waals surface area contributed by atoms with Gasteiger partial charge in [0, 0.05) is 44.7 Å². The van der Waals surface area contributed by atoms with E-state index in [1.54, 1.807) is 13.3 Å². The predicted octanol–water partition coefficient (Wildman–Crippen LogP) is 1.33. The minimum atomic E-state index is 0.0696. The van der Waals surface area contributed by atoms with E-state index in [4.69, 9.17) is 4.74 Å². The van der Waals surface area contributed by atoms with Crippen LogP contribution in [0.25, 0.3) is 0 Å². The number of pyridine rings is 1. The van der Waals surface area contributed by atoms with Crippen LogP contribution in [0.15, 0.2) is 18.3 Å². The fraction of sp³-hybridized carbons (Fsp3) is 0.625. The summed E-state index contributed by atoms with van der Waals surface area (Å²) >= 11 is 2.00. The van der Waals surface area contributed by atoms with Crippen LogP contribution in [0.2, 0.25) is 0 Å². The van der Waals surface area contributed by atoms with Crippen molar-refractivity contribution < 1.29 is 9.53 Å². The van der Waals surface area contributed by atoms with E-state index in [0.717, 1.165) is 44.0 Å². The fourth-order valence-electron chi connectivity index (χ4n) is 3.21. The number of amides is 1. The third-order valence-corrected chi connectivity index (χ3v) is 6.01. The molecule has 1 aromatic heterocycles. The highest BCUT2D eigenvalue weighted by Crippen LogP contribution is 2.45. The summed E-state index contributed by atoms with van der Waals surface area (Å²) in [6.07, 6.45) is 2.82. The van der Waals surface area contributed by atoms with E-state index >= 15 is 0 Å². The second-order valence-electron chi connectivity index (χ2n) is 6.17. The molecule has 1 N–H and O–H groups in total. The maximum Gasteiger partial charge on any atom is 0.272 e. The van der Waals surface area contributed by atoms with Crippen LogP contribution in [0.3, 0.4) is 0 Å². The third-order valence-electron chi connectivity index (χ3n) is 4.41. The van der Waals surface area contributed by atoms with Crippen LogP contribution in [-0.4, -0.2) is 65.7 Å². The molecular formula is C16H23N3O2S. The number of rotatable bonds is 5. The highest BCUT2D eigenvalue weighted by Gasteiger charge is 2.50. The first-order valence-corrected chi connectivity index (χ1v) is 8.69. The van der Waals surface area contributed by atoms with Gasteiger partial charge in [0.2, 0.25) is 0 Å². The quantitative estimate of drug-likeness (QED) is 0.829. The van der Waals surface area contributed by atoms with Crippen molar-refractivity contribution in [2.45, 2.75) is 24.1 Å². The topological polar surface area (TPSA) is 54.5 Å². The molecule has 0 bridgehead atoms. The molecule has 1 atom stereocenters. The maximum absolute atomic E-state index is 12.5. The number of nitrogens with one attached hydrogen (secondary N) is 1. The molecule has 2 saturated heterocycles. The molecule has 1 amide bonds. The van der Waals surface area contributed by atoms with Crippen LogP contribution in [0, 0.1) is 6.92 Å². The summed E-state index contributed by atoms with van der Waals surface area (Å²) < 4.78 is 5.33. The maximum atomic E-state index is 12.5. The SMILES string of the molecule is COCCNC1CSC2(C1)CN(C(=O)c1ncccc1C)C2. The third kappa shape index (κ3) is 3.14. The van der Waals surface area contributed by atoms with Crippen LogP contribution in [-0.2, 0) is 4.74 Å². The van der Waals surface area contributed by atoms with Crippen LogP contribution < -0.4 is 5.32 Å². The minimum Gasteiger partial charge on any atom is -0.383 e. The molecule has 1 unspecified atom stereocenters. The zero-order valence-electron chi connectivity index (χ0n) is 13.2. The van der Waals surface area contributed by atoms with Crippen molar-refractivity contribution in [3.8, 4) is 0 Å². The van der Waals surface area contributed by atoms with Crippen molar-refractivity contribution in [3.05, 3.63) is 29.6 Å². The van der Waals surface area contributed by atoms with Crippen molar-refractivity contribution in [3.63, 3.8) is 0 Å². The Bertz CT molecular complexity index is 546. The Morgan fingerprint density at radius 1 is 1.59 bits per heavy atom. The number of hydrogen-bond acceptors (Lipinski definition) is 5. The lowest BCUT2D eigenvalue weighted by molar-refractivity contribution is 0.0544. The lowest BCUT2D eigenvalue weighted by atomic mass is 9.91. The Hall–Kier alpha value is -1.11. The van der Waals surface area contributed by atoms with E-state index in [1.165, 1.54) is 0 Å². The molecule has 0 aromatic carbocycles. The summed E-state index contributed by atoms with van der Waals surface area (Å²) in [5.41, 5.74) is 1.54. The number of aryl methyl sites for hydroxylation is 1. The second-order valence-corrected chi connectivity index (χ2v) is 7.66. The smallest absolute Gasteiger partial charge is 0.272 e. The zero-order valence-corrected chi connectivity index (χ0v) is 14.0. The number of likely N-dealkylation sites (tertiary alicyclic amines) is 1. The van der Waals surface area contributed by atoms with Crippen LogP contribution in [0.4, 0.5) is 0 Å². The summed E-state index contributed by atoms with van der Waals surface area (Å²) in [5, 5.41) is 3.53. The molecule has 1 spiro atoms. The van der Waals surface area contributed by atoms with Crippen molar-refractivity contribution in [2.75, 3.05) is 39.1 Å². The van der Waals surface area contributed by atoms with Gasteiger partial charge in [0.15, 0.2) is 0 Å². The lowest BCUT2D eigenvalue weighted by Gasteiger charge is -2.47. The Morgan fingerprint density at radius 3 is 3.14 bits per heavy atom. The molecule has 0 saturated carbocycles. The van der Waals surface area contributed by atoms with E-state index in [9.17, 15) is 4.79 Å². The number of ether oxygens (including phenoxy) is 1. The number of methoxy groups -OCH3 is 1.